The van der Waals surface area contributed by atoms with Crippen molar-refractivity contribution in [3.8, 4) is 0 Å². The Morgan fingerprint density at radius 3 is 2.12 bits per heavy atom. The molecule has 0 fully saturated rings. The number of hydrogen-bond donors (Lipinski definition) is 1. The second kappa shape index (κ2) is 3.50. The van der Waals surface area contributed by atoms with E-state index < -0.39 is 10.9 Å². The third kappa shape index (κ3) is 1.24. The van der Waals surface area contributed by atoms with E-state index in [1.165, 1.54) is 0 Å². The number of benzene rings is 1. The van der Waals surface area contributed by atoms with Crippen molar-refractivity contribution in [3.63, 3.8) is 0 Å². The molecule has 0 aliphatic heterocycles. The molecule has 1 radical (unpaired) electrons. The number of hydrogen-bond acceptors (Lipinski definition) is 5. The Balaban J connectivity index is 3.40. The predicted molar refractivity (Wildman–Crippen MR) is 57.8 cm³/mol. The molecule has 2 aromatic rings. The molecule has 0 saturated heterocycles. The number of fused-ring (bicyclic) bond motifs is 1. The number of aryl methyl sites for hydroxylation is 2. The third-order valence-corrected chi connectivity index (χ3v) is 2.87. The van der Waals surface area contributed by atoms with Crippen molar-refractivity contribution in [2.45, 2.75) is 13.8 Å². The van der Waals surface area contributed by atoms with Gasteiger partial charge in [0.1, 0.15) is 0 Å². The summed E-state index contributed by atoms with van der Waals surface area (Å²) in [6, 6.07) is 0. The van der Waals surface area contributed by atoms with E-state index >= 15 is 0 Å². The minimum absolute atomic E-state index is 0.151. The van der Waals surface area contributed by atoms with Gasteiger partial charge in [0.15, 0.2) is 0 Å². The fourth-order valence-electron chi connectivity index (χ4n) is 1.78. The van der Waals surface area contributed by atoms with Crippen LogP contribution in [0.15, 0.2) is 18.0 Å². The molecule has 1 aromatic carbocycles. The van der Waals surface area contributed by atoms with Crippen molar-refractivity contribution >= 4 is 27.0 Å². The van der Waals surface area contributed by atoms with Gasteiger partial charge >= 0.3 is 97.4 Å². The van der Waals surface area contributed by atoms with E-state index in [1.807, 2.05) is 0 Å². The van der Waals surface area contributed by atoms with Gasteiger partial charge in [0.2, 0.25) is 0 Å². The molecule has 0 saturated carbocycles. The molecule has 1 heterocycles. The summed E-state index contributed by atoms with van der Waals surface area (Å²) < 4.78 is 8.81. The quantitative estimate of drug-likeness (QED) is 0.636. The average molecular weight is 282 g/mol. The molecule has 6 heteroatoms. The van der Waals surface area contributed by atoms with Gasteiger partial charge in [0.05, 0.1) is 0 Å². The SMILES string of the molecule is Cc1oc(C)c2c(=O)/c(=N/[Se])c(=N)c(=O)c12. The van der Waals surface area contributed by atoms with Gasteiger partial charge in [-0.1, -0.05) is 0 Å². The third-order valence-electron chi connectivity index (χ3n) is 2.48. The second-order valence-corrected chi connectivity index (χ2v) is 3.82. The van der Waals surface area contributed by atoms with Crippen molar-refractivity contribution in [2.75, 3.05) is 0 Å². The van der Waals surface area contributed by atoms with Gasteiger partial charge in [-0.05, 0) is 0 Å². The van der Waals surface area contributed by atoms with Crippen LogP contribution in [-0.4, -0.2) is 16.2 Å². The van der Waals surface area contributed by atoms with E-state index in [4.69, 9.17) is 9.83 Å². The number of furan rings is 1. The van der Waals surface area contributed by atoms with E-state index in [2.05, 4.69) is 20.2 Å². The summed E-state index contributed by atoms with van der Waals surface area (Å²) in [5.41, 5.74) is -0.953. The van der Waals surface area contributed by atoms with Gasteiger partial charge in [-0.2, -0.15) is 0 Å². The number of nitrogens with zero attached hydrogens (tertiary/aromatic N) is 1. The zero-order valence-electron chi connectivity index (χ0n) is 8.58. The Morgan fingerprint density at radius 2 is 1.62 bits per heavy atom. The molecule has 0 atom stereocenters. The van der Waals surface area contributed by atoms with Gasteiger partial charge in [-0.25, -0.2) is 0 Å². The van der Waals surface area contributed by atoms with Crippen LogP contribution in [0, 0.1) is 19.3 Å². The van der Waals surface area contributed by atoms with Gasteiger partial charge < -0.3 is 0 Å². The Kier molecular flexibility index (Phi) is 2.40. The molecule has 81 valence electrons. The van der Waals surface area contributed by atoms with E-state index in [9.17, 15) is 9.59 Å². The Bertz CT molecular complexity index is 795. The van der Waals surface area contributed by atoms with Gasteiger partial charge in [-0.15, -0.1) is 0 Å². The van der Waals surface area contributed by atoms with E-state index in [0.717, 1.165) is 0 Å². The van der Waals surface area contributed by atoms with Crippen molar-refractivity contribution < 1.29 is 4.42 Å². The molecule has 0 unspecified atom stereocenters. The minimum atomic E-state index is -0.516. The van der Waals surface area contributed by atoms with Crippen molar-refractivity contribution in [2.24, 2.45) is 4.01 Å². The van der Waals surface area contributed by atoms with Crippen LogP contribution in [0.3, 0.4) is 0 Å². The molecular formula is C10H7N2O3Se. The summed E-state index contributed by atoms with van der Waals surface area (Å²) in [4.78, 5) is 23.8. The van der Waals surface area contributed by atoms with Crippen LogP contribution in [-0.2, 0) is 0 Å². The molecule has 0 spiro atoms. The molecule has 0 aliphatic carbocycles. The van der Waals surface area contributed by atoms with Gasteiger partial charge in [-0.3, -0.25) is 0 Å². The molecule has 0 aliphatic rings. The summed E-state index contributed by atoms with van der Waals surface area (Å²) in [6.07, 6.45) is 0. The molecule has 16 heavy (non-hydrogen) atoms. The van der Waals surface area contributed by atoms with Gasteiger partial charge in [0, 0.05) is 0 Å². The molecule has 1 N–H and O–H groups in total. The normalized spacial score (nSPS) is 12.5. The molecular weight excluding hydrogens is 275 g/mol. The van der Waals surface area contributed by atoms with Crippen LogP contribution in [0.5, 0.6) is 0 Å². The van der Waals surface area contributed by atoms with Crippen molar-refractivity contribution in [3.05, 3.63) is 42.7 Å². The van der Waals surface area contributed by atoms with Gasteiger partial charge in [0.25, 0.3) is 0 Å². The second-order valence-electron chi connectivity index (χ2n) is 3.44. The van der Waals surface area contributed by atoms with Crippen LogP contribution in [0.4, 0.5) is 0 Å². The molecule has 1 aromatic heterocycles. The fraction of sp³-hybridized carbons (Fsp3) is 0.200. The molecule has 2 rings (SSSR count). The monoisotopic (exact) mass is 283 g/mol. The Morgan fingerprint density at radius 1 is 1.12 bits per heavy atom. The van der Waals surface area contributed by atoms with Crippen LogP contribution < -0.4 is 21.6 Å². The fourth-order valence-corrected chi connectivity index (χ4v) is 2.15. The van der Waals surface area contributed by atoms with E-state index in [1.54, 1.807) is 13.8 Å². The van der Waals surface area contributed by atoms with E-state index in [0.29, 0.717) is 11.5 Å². The average Bonchev–Trinajstić information content (AvgIpc) is 2.52. The van der Waals surface area contributed by atoms with Crippen LogP contribution in [0.1, 0.15) is 11.5 Å². The zero-order valence-corrected chi connectivity index (χ0v) is 10.3. The molecule has 0 bridgehead atoms. The first-order valence-electron chi connectivity index (χ1n) is 4.47. The zero-order chi connectivity index (χ0) is 12.0. The Hall–Kier alpha value is -1.52. The summed E-state index contributed by atoms with van der Waals surface area (Å²) in [7, 11) is 0. The molecule has 0 amide bonds. The first-order valence-corrected chi connectivity index (χ1v) is 5.24. The summed E-state index contributed by atoms with van der Waals surface area (Å²) in [5, 5.41) is 7.44. The first-order chi connectivity index (χ1) is 7.49. The van der Waals surface area contributed by atoms with Crippen molar-refractivity contribution in [1.29, 1.82) is 5.41 Å². The first kappa shape index (κ1) is 11.0. The number of nitrogens with one attached hydrogen (secondary N) is 1. The van der Waals surface area contributed by atoms with Crippen LogP contribution in [0.2, 0.25) is 0 Å². The Labute approximate surface area is 97.7 Å². The molecule has 5 nitrogen and oxygen atoms in total. The standard InChI is InChI=1S/C10H7N2O3Se/c1-3-5-6(4(2)15-3)10(14)8(12-16)7(11)9(5)13/h11H,1-2H3/b11-7?,12-8+. The van der Waals surface area contributed by atoms with Crippen LogP contribution >= 0.6 is 0 Å². The number of rotatable bonds is 0. The van der Waals surface area contributed by atoms with Crippen LogP contribution in [0.25, 0.3) is 10.8 Å². The summed E-state index contributed by atoms with van der Waals surface area (Å²) in [6.45, 7) is 3.22. The maximum atomic E-state index is 11.9. The summed E-state index contributed by atoms with van der Waals surface area (Å²) in [5.74, 6) is 0.759. The van der Waals surface area contributed by atoms with E-state index in [-0.39, 0.29) is 21.5 Å². The predicted octanol–water partition coefficient (Wildman–Crippen LogP) is -0.891. The van der Waals surface area contributed by atoms with Crippen molar-refractivity contribution in [1.82, 2.24) is 0 Å². The topological polar surface area (TPSA) is 83.5 Å². The summed E-state index contributed by atoms with van der Waals surface area (Å²) >= 11 is 2.29. The maximum absolute atomic E-state index is 11.9.